The summed E-state index contributed by atoms with van der Waals surface area (Å²) in [6.07, 6.45) is 20.2. The number of hydrogen-bond donors (Lipinski definition) is 4. The number of rotatable bonds is 15. The summed E-state index contributed by atoms with van der Waals surface area (Å²) in [6.45, 7) is 1.91. The van der Waals surface area contributed by atoms with Crippen LogP contribution in [0.1, 0.15) is 51.9 Å². The zero-order valence-electron chi connectivity index (χ0n) is 16.2. The minimum absolute atomic E-state index is 0.180. The molecule has 0 radical (unpaired) electrons. The minimum atomic E-state index is -0.780. The Morgan fingerprint density at radius 2 is 1.37 bits per heavy atom. The molecule has 0 aliphatic carbocycles. The normalized spacial score (nSPS) is 16.3. The number of carboxylic acids is 1. The standard InChI is InChI=1S/C22H34O5/c1-2-19(23)13-7-3-4-8-14-20(24)15-9-5-10-16-21(25)17-11-6-12-18-22(26)27/h3-5,7-10,13-14,16,19-21,23-25H,2,6,11-12,15,17-18H2,1H3,(H,26,27). The summed E-state index contributed by atoms with van der Waals surface area (Å²) < 4.78 is 0. The molecule has 3 unspecified atom stereocenters. The van der Waals surface area contributed by atoms with Crippen LogP contribution in [0.5, 0.6) is 0 Å². The highest BCUT2D eigenvalue weighted by Gasteiger charge is 2.00. The maximum Gasteiger partial charge on any atom is 0.303 e. The van der Waals surface area contributed by atoms with Gasteiger partial charge >= 0.3 is 5.97 Å². The molecule has 0 saturated heterocycles. The molecule has 0 amide bonds. The van der Waals surface area contributed by atoms with E-state index >= 15 is 0 Å². The first-order chi connectivity index (χ1) is 13.0. The second kappa shape index (κ2) is 17.5. The van der Waals surface area contributed by atoms with Crippen molar-refractivity contribution < 1.29 is 25.2 Å². The van der Waals surface area contributed by atoms with Gasteiger partial charge in [-0.25, -0.2) is 0 Å². The molecule has 5 nitrogen and oxygen atoms in total. The van der Waals surface area contributed by atoms with E-state index in [4.69, 9.17) is 5.11 Å². The molecule has 0 aromatic carbocycles. The number of aliphatic carboxylic acids is 1. The Hall–Kier alpha value is -1.95. The fourth-order valence-corrected chi connectivity index (χ4v) is 2.12. The maximum absolute atomic E-state index is 10.4. The number of allylic oxidation sites excluding steroid dienone is 6. The Morgan fingerprint density at radius 3 is 2.00 bits per heavy atom. The van der Waals surface area contributed by atoms with E-state index in [9.17, 15) is 20.1 Å². The topological polar surface area (TPSA) is 98.0 Å². The Bertz CT molecular complexity index is 517. The molecule has 4 N–H and O–H groups in total. The van der Waals surface area contributed by atoms with Crippen molar-refractivity contribution in [2.75, 3.05) is 0 Å². The van der Waals surface area contributed by atoms with Gasteiger partial charge in [-0.05, 0) is 25.7 Å². The molecule has 0 aliphatic rings. The van der Waals surface area contributed by atoms with Crippen LogP contribution in [0.4, 0.5) is 0 Å². The van der Waals surface area contributed by atoms with Crippen molar-refractivity contribution in [2.24, 2.45) is 0 Å². The Balaban J connectivity index is 3.88. The highest BCUT2D eigenvalue weighted by atomic mass is 16.4. The predicted octanol–water partition coefficient (Wildman–Crippen LogP) is 3.69. The van der Waals surface area contributed by atoms with Gasteiger partial charge < -0.3 is 20.4 Å². The van der Waals surface area contributed by atoms with Gasteiger partial charge in [-0.2, -0.15) is 0 Å². The van der Waals surface area contributed by atoms with Crippen molar-refractivity contribution in [1.82, 2.24) is 0 Å². The molecule has 27 heavy (non-hydrogen) atoms. The number of carbonyl (C=O) groups is 1. The summed E-state index contributed by atoms with van der Waals surface area (Å²) in [7, 11) is 0. The van der Waals surface area contributed by atoms with E-state index in [1.807, 2.05) is 13.0 Å². The van der Waals surface area contributed by atoms with Gasteiger partial charge in [0.15, 0.2) is 0 Å². The predicted molar refractivity (Wildman–Crippen MR) is 109 cm³/mol. The van der Waals surface area contributed by atoms with Gasteiger partial charge in [-0.1, -0.05) is 80.5 Å². The minimum Gasteiger partial charge on any atom is -0.481 e. The van der Waals surface area contributed by atoms with Gasteiger partial charge in [0.25, 0.3) is 0 Å². The molecule has 0 saturated carbocycles. The van der Waals surface area contributed by atoms with Gasteiger partial charge in [0.2, 0.25) is 0 Å². The van der Waals surface area contributed by atoms with Crippen molar-refractivity contribution in [3.05, 3.63) is 60.8 Å². The van der Waals surface area contributed by atoms with E-state index in [1.54, 1.807) is 54.7 Å². The lowest BCUT2D eigenvalue weighted by Crippen LogP contribution is -2.02. The highest BCUT2D eigenvalue weighted by molar-refractivity contribution is 5.66. The highest BCUT2D eigenvalue weighted by Crippen LogP contribution is 2.07. The van der Waals surface area contributed by atoms with Gasteiger partial charge in [-0.15, -0.1) is 0 Å². The largest absolute Gasteiger partial charge is 0.481 e. The van der Waals surface area contributed by atoms with Gasteiger partial charge in [-0.3, -0.25) is 4.79 Å². The number of hydrogen-bond acceptors (Lipinski definition) is 4. The van der Waals surface area contributed by atoms with Crippen molar-refractivity contribution in [3.8, 4) is 0 Å². The lowest BCUT2D eigenvalue weighted by molar-refractivity contribution is -0.137. The first kappa shape index (κ1) is 25.1. The molecule has 152 valence electrons. The molecule has 0 bridgehead atoms. The third-order valence-electron chi connectivity index (χ3n) is 3.77. The van der Waals surface area contributed by atoms with Gasteiger partial charge in [0, 0.05) is 6.42 Å². The van der Waals surface area contributed by atoms with Crippen LogP contribution in [-0.4, -0.2) is 44.7 Å². The molecule has 0 rings (SSSR count). The van der Waals surface area contributed by atoms with Crippen LogP contribution in [-0.2, 0) is 4.79 Å². The third kappa shape index (κ3) is 18.6. The van der Waals surface area contributed by atoms with Gasteiger partial charge in [0.1, 0.15) is 0 Å². The zero-order valence-corrected chi connectivity index (χ0v) is 16.2. The summed E-state index contributed by atoms with van der Waals surface area (Å²) in [5.41, 5.74) is 0. The van der Waals surface area contributed by atoms with Crippen LogP contribution in [0.3, 0.4) is 0 Å². The van der Waals surface area contributed by atoms with Crippen LogP contribution in [0.15, 0.2) is 60.8 Å². The first-order valence-corrected chi connectivity index (χ1v) is 9.56. The molecule has 0 heterocycles. The van der Waals surface area contributed by atoms with E-state index in [0.717, 1.165) is 12.8 Å². The lowest BCUT2D eigenvalue weighted by atomic mass is 10.1. The molecule has 5 heteroatoms. The Labute approximate surface area is 162 Å². The van der Waals surface area contributed by atoms with E-state index in [0.29, 0.717) is 25.7 Å². The average Bonchev–Trinajstić information content (AvgIpc) is 2.63. The van der Waals surface area contributed by atoms with E-state index in [-0.39, 0.29) is 6.42 Å². The number of carboxylic acid groups (broad SMARTS) is 1. The zero-order chi connectivity index (χ0) is 20.3. The van der Waals surface area contributed by atoms with E-state index in [2.05, 4.69) is 0 Å². The molecule has 3 atom stereocenters. The third-order valence-corrected chi connectivity index (χ3v) is 3.77. The fourth-order valence-electron chi connectivity index (χ4n) is 2.12. The molecular weight excluding hydrogens is 344 g/mol. The van der Waals surface area contributed by atoms with Crippen molar-refractivity contribution in [2.45, 2.75) is 70.2 Å². The fraction of sp³-hybridized carbons (Fsp3) is 0.500. The smallest absolute Gasteiger partial charge is 0.303 e. The molecule has 0 aromatic heterocycles. The van der Waals surface area contributed by atoms with Crippen molar-refractivity contribution in [1.29, 1.82) is 0 Å². The van der Waals surface area contributed by atoms with Crippen LogP contribution < -0.4 is 0 Å². The second-order valence-electron chi connectivity index (χ2n) is 6.31. The lowest BCUT2D eigenvalue weighted by Gasteiger charge is -2.04. The Morgan fingerprint density at radius 1 is 0.778 bits per heavy atom. The monoisotopic (exact) mass is 378 g/mol. The summed E-state index contributed by atoms with van der Waals surface area (Å²) in [6, 6.07) is 0. The molecule has 0 spiro atoms. The molecular formula is C22H34O5. The van der Waals surface area contributed by atoms with Crippen LogP contribution in [0.25, 0.3) is 0 Å². The molecule has 0 fully saturated rings. The first-order valence-electron chi connectivity index (χ1n) is 9.56. The summed E-state index contributed by atoms with van der Waals surface area (Å²) in [5.74, 6) is -0.780. The average molecular weight is 379 g/mol. The van der Waals surface area contributed by atoms with E-state index < -0.39 is 24.3 Å². The van der Waals surface area contributed by atoms with Crippen LogP contribution >= 0.6 is 0 Å². The molecule has 0 aliphatic heterocycles. The second-order valence-corrected chi connectivity index (χ2v) is 6.31. The van der Waals surface area contributed by atoms with Crippen LogP contribution in [0, 0.1) is 0 Å². The summed E-state index contributed by atoms with van der Waals surface area (Å²) in [4.78, 5) is 10.4. The van der Waals surface area contributed by atoms with Crippen molar-refractivity contribution >= 4 is 5.97 Å². The van der Waals surface area contributed by atoms with Crippen molar-refractivity contribution in [3.63, 3.8) is 0 Å². The number of aliphatic hydroxyl groups is 3. The number of unbranched alkanes of at least 4 members (excludes halogenated alkanes) is 2. The maximum atomic E-state index is 10.4. The SMILES string of the molecule is CCC(O)C=CC=CC=CC(O)CC=CC=CC(O)CCCCCC(=O)O. The number of aliphatic hydroxyl groups excluding tert-OH is 3. The molecule has 0 aromatic rings. The summed E-state index contributed by atoms with van der Waals surface area (Å²) >= 11 is 0. The van der Waals surface area contributed by atoms with E-state index in [1.165, 1.54) is 0 Å². The van der Waals surface area contributed by atoms with Gasteiger partial charge in [0.05, 0.1) is 18.3 Å². The quantitative estimate of drug-likeness (QED) is 0.257. The summed E-state index contributed by atoms with van der Waals surface area (Å²) in [5, 5.41) is 37.4. The Kier molecular flexibility index (Phi) is 16.2. The van der Waals surface area contributed by atoms with Crippen LogP contribution in [0.2, 0.25) is 0 Å².